The SMILES string of the molecule is COC(=O)C(C)(C)Oc1ccc(C2CCN(C(C)=O)CC2)cc1C(F)(F)F. The van der Waals surface area contributed by atoms with Crippen molar-refractivity contribution in [3.8, 4) is 5.75 Å². The van der Waals surface area contributed by atoms with Gasteiger partial charge < -0.3 is 14.4 Å². The van der Waals surface area contributed by atoms with Crippen LogP contribution in [-0.2, 0) is 20.5 Å². The molecule has 0 atom stereocenters. The van der Waals surface area contributed by atoms with Crippen molar-refractivity contribution in [2.45, 2.75) is 51.3 Å². The van der Waals surface area contributed by atoms with Gasteiger partial charge in [-0.2, -0.15) is 13.2 Å². The number of benzene rings is 1. The largest absolute Gasteiger partial charge is 0.476 e. The van der Waals surface area contributed by atoms with E-state index in [1.165, 1.54) is 26.8 Å². The number of hydrogen-bond acceptors (Lipinski definition) is 4. The quantitative estimate of drug-likeness (QED) is 0.738. The van der Waals surface area contributed by atoms with Crippen molar-refractivity contribution in [1.29, 1.82) is 0 Å². The number of carbonyl (C=O) groups is 2. The molecule has 0 unspecified atom stereocenters. The lowest BCUT2D eigenvalue weighted by molar-refractivity contribution is -0.158. The molecule has 1 aromatic rings. The van der Waals surface area contributed by atoms with Crippen LogP contribution in [0.5, 0.6) is 5.75 Å². The van der Waals surface area contributed by atoms with Crippen molar-refractivity contribution in [3.05, 3.63) is 29.3 Å². The first kappa shape index (κ1) is 21.1. The first-order chi connectivity index (χ1) is 12.5. The first-order valence-corrected chi connectivity index (χ1v) is 8.70. The van der Waals surface area contributed by atoms with E-state index in [0.29, 0.717) is 31.5 Å². The second-order valence-electron chi connectivity index (χ2n) is 7.14. The van der Waals surface area contributed by atoms with Crippen molar-refractivity contribution in [2.24, 2.45) is 0 Å². The van der Waals surface area contributed by atoms with Crippen molar-refractivity contribution in [3.63, 3.8) is 0 Å². The number of piperidine rings is 1. The highest BCUT2D eigenvalue weighted by molar-refractivity contribution is 5.79. The Balaban J connectivity index is 2.29. The Kier molecular flexibility index (Phi) is 6.07. The maximum atomic E-state index is 13.6. The minimum Gasteiger partial charge on any atom is -0.476 e. The Morgan fingerprint density at radius 1 is 1.15 bits per heavy atom. The third kappa shape index (κ3) is 4.93. The molecule has 1 saturated heterocycles. The van der Waals surface area contributed by atoms with E-state index in [2.05, 4.69) is 4.74 Å². The number of methoxy groups -OCH3 is 1. The lowest BCUT2D eigenvalue weighted by Gasteiger charge is -2.32. The van der Waals surface area contributed by atoms with Crippen LogP contribution in [0.25, 0.3) is 0 Å². The summed E-state index contributed by atoms with van der Waals surface area (Å²) < 4.78 is 50.7. The van der Waals surface area contributed by atoms with Gasteiger partial charge in [0.2, 0.25) is 5.91 Å². The molecule has 1 amide bonds. The van der Waals surface area contributed by atoms with Crippen LogP contribution >= 0.6 is 0 Å². The minimum absolute atomic E-state index is 0.0294. The molecule has 8 heteroatoms. The summed E-state index contributed by atoms with van der Waals surface area (Å²) in [5.41, 5.74) is -1.93. The topological polar surface area (TPSA) is 55.8 Å². The molecular formula is C19H24F3NO4. The smallest absolute Gasteiger partial charge is 0.419 e. The summed E-state index contributed by atoms with van der Waals surface area (Å²) in [5.74, 6) is -1.28. The van der Waals surface area contributed by atoms with E-state index in [9.17, 15) is 22.8 Å². The number of halogens is 3. The second-order valence-corrected chi connectivity index (χ2v) is 7.14. The molecule has 0 spiro atoms. The minimum atomic E-state index is -4.63. The van der Waals surface area contributed by atoms with Crippen LogP contribution in [0.4, 0.5) is 13.2 Å². The molecule has 0 saturated carbocycles. The lowest BCUT2D eigenvalue weighted by Crippen LogP contribution is -2.39. The molecule has 27 heavy (non-hydrogen) atoms. The van der Waals surface area contributed by atoms with Gasteiger partial charge in [-0.25, -0.2) is 4.79 Å². The van der Waals surface area contributed by atoms with Crippen LogP contribution in [0.15, 0.2) is 18.2 Å². The van der Waals surface area contributed by atoms with E-state index in [4.69, 9.17) is 4.74 Å². The highest BCUT2D eigenvalue weighted by Gasteiger charge is 2.39. The normalized spacial score (nSPS) is 16.2. The number of esters is 1. The van der Waals surface area contributed by atoms with Crippen LogP contribution in [-0.4, -0.2) is 42.6 Å². The van der Waals surface area contributed by atoms with E-state index in [1.54, 1.807) is 11.0 Å². The van der Waals surface area contributed by atoms with E-state index in [-0.39, 0.29) is 11.8 Å². The molecule has 0 N–H and O–H groups in total. The molecule has 1 aliphatic rings. The molecule has 150 valence electrons. The summed E-state index contributed by atoms with van der Waals surface area (Å²) in [6.07, 6.45) is -3.42. The number of rotatable bonds is 4. The second kappa shape index (κ2) is 7.78. The summed E-state index contributed by atoms with van der Waals surface area (Å²) >= 11 is 0. The van der Waals surface area contributed by atoms with Gasteiger partial charge in [0.15, 0.2) is 5.60 Å². The average molecular weight is 387 g/mol. The fourth-order valence-corrected chi connectivity index (χ4v) is 3.20. The summed E-state index contributed by atoms with van der Waals surface area (Å²) in [6, 6.07) is 3.92. The van der Waals surface area contributed by atoms with Crippen LogP contribution in [0.1, 0.15) is 50.7 Å². The van der Waals surface area contributed by atoms with E-state index >= 15 is 0 Å². The standard InChI is InChI=1S/C19H24F3NO4/c1-12(24)23-9-7-13(8-10-23)14-5-6-16(15(11-14)19(20,21)22)27-18(2,3)17(25)26-4/h5-6,11,13H,7-10H2,1-4H3. The fourth-order valence-electron chi connectivity index (χ4n) is 3.20. The molecule has 1 heterocycles. The van der Waals surface area contributed by atoms with Gasteiger partial charge in [0, 0.05) is 20.0 Å². The maximum absolute atomic E-state index is 13.6. The predicted octanol–water partition coefficient (Wildman–Crippen LogP) is 3.76. The Morgan fingerprint density at radius 2 is 1.74 bits per heavy atom. The monoisotopic (exact) mass is 387 g/mol. The van der Waals surface area contributed by atoms with Crippen LogP contribution < -0.4 is 4.74 Å². The van der Waals surface area contributed by atoms with Gasteiger partial charge >= 0.3 is 12.1 Å². The molecule has 1 aromatic carbocycles. The van der Waals surface area contributed by atoms with E-state index in [0.717, 1.165) is 13.2 Å². The predicted molar refractivity (Wildman–Crippen MR) is 92.4 cm³/mol. The zero-order chi connectivity index (χ0) is 20.4. The third-order valence-electron chi connectivity index (χ3n) is 4.76. The molecule has 0 bridgehead atoms. The van der Waals surface area contributed by atoms with Crippen molar-refractivity contribution in [1.82, 2.24) is 4.90 Å². The van der Waals surface area contributed by atoms with Crippen LogP contribution in [0.3, 0.4) is 0 Å². The summed E-state index contributed by atoms with van der Waals surface area (Å²) in [4.78, 5) is 24.8. The van der Waals surface area contributed by atoms with Crippen LogP contribution in [0, 0.1) is 0 Å². The van der Waals surface area contributed by atoms with E-state index in [1.807, 2.05) is 0 Å². The Bertz CT molecular complexity index is 707. The van der Waals surface area contributed by atoms with Gasteiger partial charge in [-0.05, 0) is 50.3 Å². The molecule has 0 aliphatic carbocycles. The maximum Gasteiger partial charge on any atom is 0.419 e. The number of carbonyl (C=O) groups excluding carboxylic acids is 2. The first-order valence-electron chi connectivity index (χ1n) is 8.70. The lowest BCUT2D eigenvalue weighted by atomic mass is 9.88. The van der Waals surface area contributed by atoms with Crippen molar-refractivity contribution < 1.29 is 32.2 Å². The molecule has 5 nitrogen and oxygen atoms in total. The van der Waals surface area contributed by atoms with Gasteiger partial charge in [-0.1, -0.05) is 6.07 Å². The summed E-state index contributed by atoms with van der Waals surface area (Å²) in [6.45, 7) is 5.23. The average Bonchev–Trinajstić information content (AvgIpc) is 2.60. The van der Waals surface area contributed by atoms with Gasteiger partial charge in [-0.3, -0.25) is 4.79 Å². The third-order valence-corrected chi connectivity index (χ3v) is 4.76. The van der Waals surface area contributed by atoms with Crippen LogP contribution in [0.2, 0.25) is 0 Å². The molecule has 1 aliphatic heterocycles. The molecule has 0 radical (unpaired) electrons. The highest BCUT2D eigenvalue weighted by Crippen LogP contribution is 2.40. The fraction of sp³-hybridized carbons (Fsp3) is 0.579. The number of amides is 1. The number of alkyl halides is 3. The summed E-state index contributed by atoms with van der Waals surface area (Å²) in [5, 5.41) is 0. The van der Waals surface area contributed by atoms with E-state index < -0.39 is 29.1 Å². The van der Waals surface area contributed by atoms with Gasteiger partial charge in [0.05, 0.1) is 12.7 Å². The number of nitrogens with zero attached hydrogens (tertiary/aromatic N) is 1. The van der Waals surface area contributed by atoms with Gasteiger partial charge in [-0.15, -0.1) is 0 Å². The number of hydrogen-bond donors (Lipinski definition) is 0. The molecule has 2 rings (SSSR count). The van der Waals surface area contributed by atoms with Gasteiger partial charge in [0.1, 0.15) is 5.75 Å². The van der Waals surface area contributed by atoms with Crippen molar-refractivity contribution in [2.75, 3.05) is 20.2 Å². The van der Waals surface area contributed by atoms with Gasteiger partial charge in [0.25, 0.3) is 0 Å². The Morgan fingerprint density at radius 3 is 2.22 bits per heavy atom. The molecule has 1 fully saturated rings. The molecule has 0 aromatic heterocycles. The van der Waals surface area contributed by atoms with Crippen molar-refractivity contribution >= 4 is 11.9 Å². The zero-order valence-electron chi connectivity index (χ0n) is 15.9. The number of likely N-dealkylation sites (tertiary alicyclic amines) is 1. The number of ether oxygens (including phenoxy) is 2. The molecular weight excluding hydrogens is 363 g/mol. The summed E-state index contributed by atoms with van der Waals surface area (Å²) in [7, 11) is 1.15. The highest BCUT2D eigenvalue weighted by atomic mass is 19.4. The Hall–Kier alpha value is -2.25. The zero-order valence-corrected chi connectivity index (χ0v) is 15.9. The Labute approximate surface area is 156 Å².